The van der Waals surface area contributed by atoms with Gasteiger partial charge in [-0.3, -0.25) is 9.59 Å². The number of hydrogen-bond donors (Lipinski definition) is 0. The van der Waals surface area contributed by atoms with E-state index in [1.807, 2.05) is 31.2 Å². The predicted octanol–water partition coefficient (Wildman–Crippen LogP) is 5.76. The van der Waals surface area contributed by atoms with Gasteiger partial charge in [-0.25, -0.2) is 9.78 Å². The lowest BCUT2D eigenvalue weighted by molar-refractivity contribution is -0.152. The average Bonchev–Trinajstić information content (AvgIpc) is 3.75. The molecule has 0 spiro atoms. The number of nitrogens with zero attached hydrogens (tertiary/aromatic N) is 3. The van der Waals surface area contributed by atoms with Crippen LogP contribution in [0.1, 0.15) is 60.6 Å². The summed E-state index contributed by atoms with van der Waals surface area (Å²) in [7, 11) is 1.63. The SMILES string of the molecule is CC(=O)N1C[C@H](c2ccc(OC(F)F)c(OCC3CC3)c2)C[C@]1(C)C(=O)Oc1cccc(C(=O)N(C)c2ccc(C)cc2)n1. The van der Waals surface area contributed by atoms with E-state index in [1.54, 1.807) is 32.2 Å². The monoisotopic (exact) mass is 607 g/mol. The number of carbonyl (C=O) groups is 3. The van der Waals surface area contributed by atoms with Crippen molar-refractivity contribution in [2.24, 2.45) is 5.92 Å². The molecule has 1 aliphatic carbocycles. The molecule has 1 aliphatic heterocycles. The molecule has 2 aromatic carbocycles. The van der Waals surface area contributed by atoms with Gasteiger partial charge in [0.05, 0.1) is 6.61 Å². The summed E-state index contributed by atoms with van der Waals surface area (Å²) >= 11 is 0. The van der Waals surface area contributed by atoms with Gasteiger partial charge in [0, 0.05) is 38.2 Å². The molecule has 2 aliphatic rings. The van der Waals surface area contributed by atoms with E-state index in [4.69, 9.17) is 9.47 Å². The highest BCUT2D eigenvalue weighted by Crippen LogP contribution is 2.43. The summed E-state index contributed by atoms with van der Waals surface area (Å²) in [5.74, 6) is -1.29. The topological polar surface area (TPSA) is 98.3 Å². The zero-order valence-electron chi connectivity index (χ0n) is 25.1. The fourth-order valence-electron chi connectivity index (χ4n) is 5.40. The second kappa shape index (κ2) is 12.6. The number of hydrogen-bond acceptors (Lipinski definition) is 7. The van der Waals surface area contributed by atoms with Crippen molar-refractivity contribution in [3.8, 4) is 17.4 Å². The number of aryl methyl sites for hydroxylation is 1. The van der Waals surface area contributed by atoms with Crippen LogP contribution in [-0.4, -0.2) is 60.0 Å². The van der Waals surface area contributed by atoms with Crippen molar-refractivity contribution in [3.05, 3.63) is 77.5 Å². The minimum atomic E-state index is -3.01. The van der Waals surface area contributed by atoms with Gasteiger partial charge in [-0.05, 0) is 74.9 Å². The molecule has 3 aromatic rings. The lowest BCUT2D eigenvalue weighted by atomic mass is 9.89. The highest BCUT2D eigenvalue weighted by molar-refractivity contribution is 6.04. The molecular weight excluding hydrogens is 572 g/mol. The number of ether oxygens (including phenoxy) is 3. The Morgan fingerprint density at radius 1 is 1.07 bits per heavy atom. The first kappa shape index (κ1) is 30.9. The number of benzene rings is 2. The molecule has 5 rings (SSSR count). The van der Waals surface area contributed by atoms with Crippen LogP contribution in [0.15, 0.2) is 60.7 Å². The molecule has 1 saturated carbocycles. The maximum atomic E-state index is 13.6. The average molecular weight is 608 g/mol. The number of aromatic nitrogens is 1. The number of esters is 1. The minimum Gasteiger partial charge on any atom is -0.489 e. The fraction of sp³-hybridized carbons (Fsp3) is 0.394. The lowest BCUT2D eigenvalue weighted by Gasteiger charge is -2.31. The van der Waals surface area contributed by atoms with E-state index in [-0.39, 0.29) is 53.8 Å². The van der Waals surface area contributed by atoms with Gasteiger partial charge >= 0.3 is 12.6 Å². The van der Waals surface area contributed by atoms with Gasteiger partial charge in [-0.15, -0.1) is 0 Å². The number of carbonyl (C=O) groups excluding carboxylic acids is 3. The second-order valence-corrected chi connectivity index (χ2v) is 11.6. The highest BCUT2D eigenvalue weighted by atomic mass is 19.3. The zero-order chi connectivity index (χ0) is 31.6. The Bertz CT molecular complexity index is 1540. The molecule has 0 unspecified atom stereocenters. The van der Waals surface area contributed by atoms with Crippen molar-refractivity contribution in [1.82, 2.24) is 9.88 Å². The van der Waals surface area contributed by atoms with E-state index in [0.717, 1.165) is 18.4 Å². The standard InChI is InChI=1S/C33H35F2N3O6/c1-20-8-13-25(14-9-20)37(4)30(40)26-6-5-7-29(36-26)44-31(41)33(3)17-24(18-38(33)21(2)39)23-12-15-27(43-32(34)35)28(16-23)42-19-22-10-11-22/h5-9,12-16,22,24,32H,10-11,17-19H2,1-4H3/t24-,33-/m1/s1. The van der Waals surface area contributed by atoms with E-state index < -0.39 is 18.1 Å². The molecule has 1 saturated heterocycles. The summed E-state index contributed by atoms with van der Waals surface area (Å²) in [5.41, 5.74) is 1.18. The summed E-state index contributed by atoms with van der Waals surface area (Å²) < 4.78 is 42.2. The summed E-state index contributed by atoms with van der Waals surface area (Å²) in [6.07, 6.45) is 2.25. The van der Waals surface area contributed by atoms with E-state index in [2.05, 4.69) is 9.72 Å². The molecular formula is C33H35F2N3O6. The fourth-order valence-corrected chi connectivity index (χ4v) is 5.40. The molecule has 0 N–H and O–H groups in total. The Hall–Kier alpha value is -4.54. The zero-order valence-corrected chi connectivity index (χ0v) is 25.1. The molecule has 2 atom stereocenters. The lowest BCUT2D eigenvalue weighted by Crippen LogP contribution is -2.52. The number of likely N-dealkylation sites (tertiary alicyclic amines) is 1. The Kier molecular flexibility index (Phi) is 8.85. The summed E-state index contributed by atoms with van der Waals surface area (Å²) in [6.45, 7) is 2.53. The summed E-state index contributed by atoms with van der Waals surface area (Å²) in [5, 5.41) is 0. The van der Waals surface area contributed by atoms with Crippen LogP contribution >= 0.6 is 0 Å². The van der Waals surface area contributed by atoms with Gasteiger partial charge in [-0.2, -0.15) is 8.78 Å². The number of alkyl halides is 2. The van der Waals surface area contributed by atoms with E-state index in [9.17, 15) is 23.2 Å². The molecule has 2 fully saturated rings. The number of halogens is 2. The number of pyridine rings is 1. The number of amides is 2. The van der Waals surface area contributed by atoms with Crippen molar-refractivity contribution in [1.29, 1.82) is 0 Å². The summed E-state index contributed by atoms with van der Waals surface area (Å²) in [6, 6.07) is 16.7. The second-order valence-electron chi connectivity index (χ2n) is 11.6. The van der Waals surface area contributed by atoms with Gasteiger partial charge in [0.2, 0.25) is 11.8 Å². The van der Waals surface area contributed by atoms with E-state index >= 15 is 0 Å². The molecule has 44 heavy (non-hydrogen) atoms. The van der Waals surface area contributed by atoms with Crippen LogP contribution in [0, 0.1) is 12.8 Å². The van der Waals surface area contributed by atoms with Crippen LogP contribution in [0.3, 0.4) is 0 Å². The number of rotatable bonds is 10. The van der Waals surface area contributed by atoms with Crippen LogP contribution in [0.4, 0.5) is 14.5 Å². The molecule has 232 valence electrons. The minimum absolute atomic E-state index is 0.0680. The quantitative estimate of drug-likeness (QED) is 0.271. The molecule has 1 aromatic heterocycles. The van der Waals surface area contributed by atoms with E-state index in [1.165, 1.54) is 34.9 Å². The third kappa shape index (κ3) is 6.82. The number of anilines is 1. The third-order valence-corrected chi connectivity index (χ3v) is 8.15. The maximum absolute atomic E-state index is 13.6. The van der Waals surface area contributed by atoms with Gasteiger partial charge in [0.25, 0.3) is 5.91 Å². The van der Waals surface area contributed by atoms with Crippen LogP contribution in [0.2, 0.25) is 0 Å². The van der Waals surface area contributed by atoms with Crippen molar-refractivity contribution in [2.75, 3.05) is 25.1 Å². The first-order chi connectivity index (χ1) is 20.9. The van der Waals surface area contributed by atoms with Gasteiger partial charge in [-0.1, -0.05) is 29.8 Å². The van der Waals surface area contributed by atoms with E-state index in [0.29, 0.717) is 23.8 Å². The molecule has 0 bridgehead atoms. The Morgan fingerprint density at radius 3 is 2.45 bits per heavy atom. The van der Waals surface area contributed by atoms with Gasteiger partial charge in [0.15, 0.2) is 11.5 Å². The Labute approximate surface area is 254 Å². The highest BCUT2D eigenvalue weighted by Gasteiger charge is 2.51. The Morgan fingerprint density at radius 2 is 1.80 bits per heavy atom. The smallest absolute Gasteiger partial charge is 0.387 e. The van der Waals surface area contributed by atoms with Crippen LogP contribution < -0.4 is 19.1 Å². The first-order valence-electron chi connectivity index (χ1n) is 14.5. The molecule has 9 nitrogen and oxygen atoms in total. The van der Waals surface area contributed by atoms with Crippen molar-refractivity contribution in [2.45, 2.75) is 58.1 Å². The van der Waals surface area contributed by atoms with Crippen molar-refractivity contribution in [3.63, 3.8) is 0 Å². The molecule has 2 heterocycles. The molecule has 11 heteroatoms. The van der Waals surface area contributed by atoms with Crippen molar-refractivity contribution >= 4 is 23.5 Å². The van der Waals surface area contributed by atoms with Crippen molar-refractivity contribution < 1.29 is 37.4 Å². The van der Waals surface area contributed by atoms with Crippen LogP contribution in [-0.2, 0) is 9.59 Å². The molecule has 2 amide bonds. The normalized spacial score (nSPS) is 19.5. The first-order valence-corrected chi connectivity index (χ1v) is 14.5. The third-order valence-electron chi connectivity index (χ3n) is 8.15. The largest absolute Gasteiger partial charge is 0.489 e. The van der Waals surface area contributed by atoms with Crippen LogP contribution in [0.25, 0.3) is 0 Å². The van der Waals surface area contributed by atoms with Gasteiger partial charge in [0.1, 0.15) is 11.2 Å². The predicted molar refractivity (Wildman–Crippen MR) is 158 cm³/mol. The summed E-state index contributed by atoms with van der Waals surface area (Å²) in [4.78, 5) is 46.7. The maximum Gasteiger partial charge on any atom is 0.387 e. The Balaban J connectivity index is 1.34. The van der Waals surface area contributed by atoms with Crippen LogP contribution in [0.5, 0.6) is 17.4 Å². The van der Waals surface area contributed by atoms with Gasteiger partial charge < -0.3 is 24.0 Å². The molecule has 0 radical (unpaired) electrons.